The number of imide groups is 1. The van der Waals surface area contributed by atoms with E-state index in [1.54, 1.807) is 0 Å². The number of hydrogen-bond donors (Lipinski definition) is 2. The average Bonchev–Trinajstić information content (AvgIpc) is 3.39. The third-order valence-corrected chi connectivity index (χ3v) is 6.32. The lowest BCUT2D eigenvalue weighted by Gasteiger charge is -2.25. The van der Waals surface area contributed by atoms with Gasteiger partial charge in [0, 0.05) is 11.4 Å². The number of benzene rings is 1. The van der Waals surface area contributed by atoms with E-state index in [9.17, 15) is 14.4 Å². The number of carbonyl (C=O) groups excluding carboxylic acids is 3. The van der Waals surface area contributed by atoms with Crippen LogP contribution in [0.3, 0.4) is 0 Å². The number of nitrogens with one attached hydrogen (secondary N) is 2. The largest absolute Gasteiger partial charge is 0.347 e. The van der Waals surface area contributed by atoms with Crippen molar-refractivity contribution in [3.8, 4) is 5.69 Å². The minimum atomic E-state index is -0.416. The molecule has 2 N–H and O–H groups in total. The van der Waals surface area contributed by atoms with Gasteiger partial charge in [-0.05, 0) is 31.0 Å². The van der Waals surface area contributed by atoms with E-state index in [1.807, 2.05) is 61.9 Å². The monoisotopic (exact) mass is 425 g/mol. The molecular weight excluding hydrogens is 402 g/mol. The number of fused-ring (bicyclic) bond motifs is 1. The zero-order valence-electron chi connectivity index (χ0n) is 17.0. The molecule has 0 saturated carbocycles. The van der Waals surface area contributed by atoms with Crippen molar-refractivity contribution in [2.45, 2.75) is 26.8 Å². The summed E-state index contributed by atoms with van der Waals surface area (Å²) in [4.78, 5) is 39.4. The van der Waals surface area contributed by atoms with Crippen molar-refractivity contribution >= 4 is 39.4 Å². The normalized spacial score (nSPS) is 15.1. The number of amides is 4. The van der Waals surface area contributed by atoms with Crippen molar-refractivity contribution in [2.24, 2.45) is 5.92 Å². The second kappa shape index (κ2) is 7.91. The molecule has 4 rings (SSSR count). The Morgan fingerprint density at radius 3 is 2.63 bits per heavy atom. The predicted molar refractivity (Wildman–Crippen MR) is 115 cm³/mol. The highest BCUT2D eigenvalue weighted by Crippen LogP contribution is 2.30. The Labute approximate surface area is 177 Å². The third-order valence-electron chi connectivity index (χ3n) is 5.21. The van der Waals surface area contributed by atoms with Gasteiger partial charge < -0.3 is 10.6 Å². The number of hydrogen-bond acceptors (Lipinski definition) is 5. The first-order valence-corrected chi connectivity index (χ1v) is 10.6. The molecule has 0 bridgehead atoms. The van der Waals surface area contributed by atoms with Crippen molar-refractivity contribution < 1.29 is 14.4 Å². The van der Waals surface area contributed by atoms with E-state index in [1.165, 1.54) is 11.3 Å². The van der Waals surface area contributed by atoms with Crippen LogP contribution in [0.25, 0.3) is 15.9 Å². The van der Waals surface area contributed by atoms with Gasteiger partial charge in [0.15, 0.2) is 0 Å². The van der Waals surface area contributed by atoms with Gasteiger partial charge in [0.05, 0.1) is 29.3 Å². The lowest BCUT2D eigenvalue weighted by Crippen LogP contribution is -2.48. The molecule has 0 radical (unpaired) electrons. The third kappa shape index (κ3) is 3.68. The standard InChI is InChI=1S/C21H23N5O3S/c1-12(2)16(11-25-18(27)10-22-21(25)29)23-19(28)17-9-15-13(3)24-26(20(15)30-17)14-7-5-4-6-8-14/h4-9,12,16H,10-11H2,1-3H3,(H,22,29)(H,23,28)/t16-/m0/s1. The summed E-state index contributed by atoms with van der Waals surface area (Å²) in [5, 5.41) is 11.0. The Hall–Kier alpha value is -3.20. The maximum absolute atomic E-state index is 13.0. The fourth-order valence-corrected chi connectivity index (χ4v) is 4.49. The molecule has 1 aliphatic rings. The number of urea groups is 1. The fraction of sp³-hybridized carbons (Fsp3) is 0.333. The average molecular weight is 426 g/mol. The highest BCUT2D eigenvalue weighted by Gasteiger charge is 2.32. The molecule has 1 aliphatic heterocycles. The van der Waals surface area contributed by atoms with Gasteiger partial charge in [-0.1, -0.05) is 32.0 Å². The molecule has 3 heterocycles. The van der Waals surface area contributed by atoms with Gasteiger partial charge >= 0.3 is 6.03 Å². The highest BCUT2D eigenvalue weighted by molar-refractivity contribution is 7.20. The lowest BCUT2D eigenvalue weighted by atomic mass is 10.0. The van der Waals surface area contributed by atoms with Gasteiger partial charge in [0.2, 0.25) is 5.91 Å². The van der Waals surface area contributed by atoms with E-state index in [-0.39, 0.29) is 36.9 Å². The van der Waals surface area contributed by atoms with Crippen LogP contribution in [0.5, 0.6) is 0 Å². The van der Waals surface area contributed by atoms with Gasteiger partial charge in [-0.2, -0.15) is 5.10 Å². The van der Waals surface area contributed by atoms with Crippen molar-refractivity contribution in [3.05, 3.63) is 47.0 Å². The van der Waals surface area contributed by atoms with Crippen LogP contribution in [0, 0.1) is 12.8 Å². The number of thiophene rings is 1. The first-order valence-electron chi connectivity index (χ1n) is 9.78. The van der Waals surface area contributed by atoms with Crippen LogP contribution in [-0.4, -0.2) is 51.7 Å². The van der Waals surface area contributed by atoms with Gasteiger partial charge in [-0.15, -0.1) is 11.3 Å². The molecule has 156 valence electrons. The Bertz CT molecular complexity index is 1100. The molecule has 1 saturated heterocycles. The van der Waals surface area contributed by atoms with E-state index in [4.69, 9.17) is 0 Å². The van der Waals surface area contributed by atoms with Crippen molar-refractivity contribution in [1.29, 1.82) is 0 Å². The zero-order valence-corrected chi connectivity index (χ0v) is 17.8. The summed E-state index contributed by atoms with van der Waals surface area (Å²) in [6.45, 7) is 5.97. The Balaban J connectivity index is 1.58. The van der Waals surface area contributed by atoms with Gasteiger partial charge in [-0.25, -0.2) is 9.48 Å². The van der Waals surface area contributed by atoms with Gasteiger partial charge in [-0.3, -0.25) is 14.5 Å². The Morgan fingerprint density at radius 1 is 1.27 bits per heavy atom. The number of rotatable bonds is 6. The van der Waals surface area contributed by atoms with Crippen LogP contribution in [0.1, 0.15) is 29.2 Å². The summed E-state index contributed by atoms with van der Waals surface area (Å²) in [5.41, 5.74) is 1.78. The van der Waals surface area contributed by atoms with E-state index >= 15 is 0 Å². The zero-order chi connectivity index (χ0) is 21.4. The van der Waals surface area contributed by atoms with E-state index < -0.39 is 6.03 Å². The summed E-state index contributed by atoms with van der Waals surface area (Å²) in [6, 6.07) is 10.9. The highest BCUT2D eigenvalue weighted by atomic mass is 32.1. The molecule has 0 aliphatic carbocycles. The Kier molecular flexibility index (Phi) is 5.29. The van der Waals surface area contributed by atoms with E-state index in [2.05, 4.69) is 15.7 Å². The van der Waals surface area contributed by atoms with Crippen LogP contribution < -0.4 is 10.6 Å². The second-order valence-corrected chi connectivity index (χ2v) is 8.68. The summed E-state index contributed by atoms with van der Waals surface area (Å²) >= 11 is 1.37. The minimum Gasteiger partial charge on any atom is -0.347 e. The molecule has 9 heteroatoms. The molecule has 2 aromatic heterocycles. The summed E-state index contributed by atoms with van der Waals surface area (Å²) in [6.07, 6.45) is 0. The topological polar surface area (TPSA) is 96.3 Å². The predicted octanol–water partition coefficient (Wildman–Crippen LogP) is 2.70. The van der Waals surface area contributed by atoms with Gasteiger partial charge in [0.25, 0.3) is 5.91 Å². The number of aryl methyl sites for hydroxylation is 1. The fourth-order valence-electron chi connectivity index (χ4n) is 3.40. The van der Waals surface area contributed by atoms with Crippen LogP contribution >= 0.6 is 11.3 Å². The second-order valence-electron chi connectivity index (χ2n) is 7.65. The molecule has 0 unspecified atom stereocenters. The molecule has 3 aromatic rings. The van der Waals surface area contributed by atoms with Crippen LogP contribution in [-0.2, 0) is 4.79 Å². The summed E-state index contributed by atoms with van der Waals surface area (Å²) in [5.74, 6) is -0.452. The number of aromatic nitrogens is 2. The molecule has 0 spiro atoms. The van der Waals surface area contributed by atoms with Crippen molar-refractivity contribution in [1.82, 2.24) is 25.3 Å². The first-order chi connectivity index (χ1) is 14.3. The van der Waals surface area contributed by atoms with Crippen LogP contribution in [0.4, 0.5) is 4.79 Å². The van der Waals surface area contributed by atoms with Crippen LogP contribution in [0.15, 0.2) is 36.4 Å². The molecule has 1 fully saturated rings. The quantitative estimate of drug-likeness (QED) is 0.594. The number of nitrogens with zero attached hydrogens (tertiary/aromatic N) is 3. The van der Waals surface area contributed by atoms with E-state index in [0.717, 1.165) is 26.5 Å². The SMILES string of the molecule is Cc1nn(-c2ccccc2)c2sc(C(=O)N[C@@H](CN3C(=O)CNC3=O)C(C)C)cc12. The summed E-state index contributed by atoms with van der Waals surface area (Å²) < 4.78 is 1.85. The van der Waals surface area contributed by atoms with Crippen molar-refractivity contribution in [2.75, 3.05) is 13.1 Å². The smallest absolute Gasteiger partial charge is 0.324 e. The number of carbonyl (C=O) groups is 3. The van der Waals surface area contributed by atoms with Crippen LogP contribution in [0.2, 0.25) is 0 Å². The molecule has 1 aromatic carbocycles. The maximum Gasteiger partial charge on any atom is 0.324 e. The first kappa shape index (κ1) is 20.1. The van der Waals surface area contributed by atoms with Crippen molar-refractivity contribution in [3.63, 3.8) is 0 Å². The maximum atomic E-state index is 13.0. The molecule has 30 heavy (non-hydrogen) atoms. The molecule has 1 atom stereocenters. The lowest BCUT2D eigenvalue weighted by molar-refractivity contribution is -0.125. The van der Waals surface area contributed by atoms with E-state index in [0.29, 0.717) is 4.88 Å². The van der Waals surface area contributed by atoms with Gasteiger partial charge in [0.1, 0.15) is 4.83 Å². The Morgan fingerprint density at radius 2 is 2.00 bits per heavy atom. The summed E-state index contributed by atoms with van der Waals surface area (Å²) in [7, 11) is 0. The minimum absolute atomic E-state index is 0.00315. The number of para-hydroxylation sites is 1. The molecular formula is C21H23N5O3S. The molecule has 8 nitrogen and oxygen atoms in total. The molecule has 4 amide bonds.